The number of nitrogens with two attached hydrogens (primary N) is 1. The Hall–Kier alpha value is -2.47. The van der Waals surface area contributed by atoms with E-state index in [9.17, 15) is 9.59 Å². The summed E-state index contributed by atoms with van der Waals surface area (Å²) in [4.78, 5) is 28.8. The zero-order valence-corrected chi connectivity index (χ0v) is 12.9. The molecule has 0 spiro atoms. The van der Waals surface area contributed by atoms with Crippen LogP contribution in [-0.4, -0.2) is 41.3 Å². The number of nitrogens with one attached hydrogen (secondary N) is 1. The summed E-state index contributed by atoms with van der Waals surface area (Å²) >= 11 is 0. The molecule has 6 heteroatoms. The van der Waals surface area contributed by atoms with Gasteiger partial charge < -0.3 is 11.1 Å². The molecule has 3 rings (SSSR count). The van der Waals surface area contributed by atoms with Crippen molar-refractivity contribution in [3.63, 3.8) is 0 Å². The molecular formula is C17H20N4O2. The lowest BCUT2D eigenvalue weighted by atomic mass is 10.1. The number of nitrogens with zero attached hydrogens (tertiary/aromatic N) is 2. The first-order valence-electron chi connectivity index (χ1n) is 7.76. The summed E-state index contributed by atoms with van der Waals surface area (Å²) in [5.41, 5.74) is 7.19. The molecule has 0 aliphatic carbocycles. The highest BCUT2D eigenvalue weighted by Gasteiger charge is 2.24. The number of amides is 2. The van der Waals surface area contributed by atoms with E-state index in [4.69, 9.17) is 5.73 Å². The maximum atomic E-state index is 11.2. The Kier molecular flexibility index (Phi) is 4.52. The number of rotatable bonds is 4. The molecule has 23 heavy (non-hydrogen) atoms. The van der Waals surface area contributed by atoms with Gasteiger partial charge in [0.1, 0.15) is 0 Å². The van der Waals surface area contributed by atoms with Crippen molar-refractivity contribution >= 4 is 22.7 Å². The SMILES string of the molecule is NC(=O)C(=O)NC[C@@H]1CCN(Cc2cccc3cccnc23)C1. The number of hydrogen-bond donors (Lipinski definition) is 2. The first kappa shape index (κ1) is 15.4. The van der Waals surface area contributed by atoms with Crippen LogP contribution in [0, 0.1) is 5.92 Å². The number of likely N-dealkylation sites (tertiary alicyclic amines) is 1. The number of pyridine rings is 1. The highest BCUT2D eigenvalue weighted by atomic mass is 16.2. The molecule has 3 N–H and O–H groups in total. The summed E-state index contributed by atoms with van der Waals surface area (Å²) in [6, 6.07) is 10.2. The third kappa shape index (κ3) is 3.65. The first-order valence-corrected chi connectivity index (χ1v) is 7.76. The molecule has 1 saturated heterocycles. The number of primary amides is 1. The lowest BCUT2D eigenvalue weighted by Gasteiger charge is -2.17. The molecule has 0 radical (unpaired) electrons. The number of carbonyl (C=O) groups is 2. The molecule has 0 bridgehead atoms. The van der Waals surface area contributed by atoms with Crippen molar-refractivity contribution in [2.75, 3.05) is 19.6 Å². The highest BCUT2D eigenvalue weighted by molar-refractivity contribution is 6.34. The second-order valence-electron chi connectivity index (χ2n) is 5.96. The largest absolute Gasteiger partial charge is 0.361 e. The number of hydrogen-bond acceptors (Lipinski definition) is 4. The Balaban J connectivity index is 1.59. The molecular weight excluding hydrogens is 292 g/mol. The summed E-state index contributed by atoms with van der Waals surface area (Å²) in [7, 11) is 0. The van der Waals surface area contributed by atoms with Crippen LogP contribution < -0.4 is 11.1 Å². The van der Waals surface area contributed by atoms with Gasteiger partial charge in [-0.15, -0.1) is 0 Å². The molecule has 2 amide bonds. The molecule has 2 heterocycles. The van der Waals surface area contributed by atoms with Gasteiger partial charge in [-0.3, -0.25) is 19.5 Å². The van der Waals surface area contributed by atoms with Gasteiger partial charge >= 0.3 is 11.8 Å². The third-order valence-corrected chi connectivity index (χ3v) is 4.26. The zero-order valence-electron chi connectivity index (χ0n) is 12.9. The lowest BCUT2D eigenvalue weighted by molar-refractivity contribution is -0.137. The van der Waals surface area contributed by atoms with E-state index in [0.717, 1.165) is 37.0 Å². The van der Waals surface area contributed by atoms with E-state index in [-0.39, 0.29) is 0 Å². The van der Waals surface area contributed by atoms with E-state index in [0.29, 0.717) is 12.5 Å². The molecule has 1 aliphatic heterocycles. The minimum atomic E-state index is -0.929. The van der Waals surface area contributed by atoms with Crippen molar-refractivity contribution in [2.45, 2.75) is 13.0 Å². The van der Waals surface area contributed by atoms with Gasteiger partial charge in [0.15, 0.2) is 0 Å². The Labute approximate surface area is 134 Å². The number of carbonyl (C=O) groups excluding carboxylic acids is 2. The second kappa shape index (κ2) is 6.75. The van der Waals surface area contributed by atoms with E-state index in [1.54, 1.807) is 0 Å². The zero-order chi connectivity index (χ0) is 16.2. The quantitative estimate of drug-likeness (QED) is 0.812. The van der Waals surface area contributed by atoms with Crippen LogP contribution in [0.3, 0.4) is 0 Å². The Morgan fingerprint density at radius 2 is 2.13 bits per heavy atom. The third-order valence-electron chi connectivity index (χ3n) is 4.26. The monoisotopic (exact) mass is 312 g/mol. The molecule has 0 unspecified atom stereocenters. The molecule has 1 atom stereocenters. The van der Waals surface area contributed by atoms with Gasteiger partial charge in [-0.05, 0) is 30.5 Å². The van der Waals surface area contributed by atoms with E-state index < -0.39 is 11.8 Å². The summed E-state index contributed by atoms with van der Waals surface area (Å²) in [5.74, 6) is -1.29. The average molecular weight is 312 g/mol. The summed E-state index contributed by atoms with van der Waals surface area (Å²) in [6.45, 7) is 3.20. The first-order chi connectivity index (χ1) is 11.1. The molecule has 1 aliphatic rings. The topological polar surface area (TPSA) is 88.3 Å². The van der Waals surface area contributed by atoms with Crippen molar-refractivity contribution in [2.24, 2.45) is 11.7 Å². The number of benzene rings is 1. The normalized spacial score (nSPS) is 18.2. The van der Waals surface area contributed by atoms with E-state index in [2.05, 4.69) is 39.5 Å². The highest BCUT2D eigenvalue weighted by Crippen LogP contribution is 2.22. The van der Waals surface area contributed by atoms with Crippen molar-refractivity contribution in [1.29, 1.82) is 0 Å². The van der Waals surface area contributed by atoms with Crippen LogP contribution in [0.2, 0.25) is 0 Å². The minimum Gasteiger partial charge on any atom is -0.361 e. The van der Waals surface area contributed by atoms with Gasteiger partial charge in [-0.1, -0.05) is 24.3 Å². The van der Waals surface area contributed by atoms with Gasteiger partial charge in [-0.25, -0.2) is 0 Å². The molecule has 1 aromatic carbocycles. The van der Waals surface area contributed by atoms with Crippen molar-refractivity contribution < 1.29 is 9.59 Å². The molecule has 2 aromatic rings. The fourth-order valence-corrected chi connectivity index (χ4v) is 3.08. The minimum absolute atomic E-state index is 0.348. The van der Waals surface area contributed by atoms with Crippen molar-refractivity contribution in [3.05, 3.63) is 42.1 Å². The summed E-state index contributed by atoms with van der Waals surface area (Å²) < 4.78 is 0. The summed E-state index contributed by atoms with van der Waals surface area (Å²) in [5, 5.41) is 3.73. The number of fused-ring (bicyclic) bond motifs is 1. The Morgan fingerprint density at radius 1 is 1.30 bits per heavy atom. The molecule has 6 nitrogen and oxygen atoms in total. The van der Waals surface area contributed by atoms with Crippen LogP contribution in [0.25, 0.3) is 10.9 Å². The average Bonchev–Trinajstić information content (AvgIpc) is 3.00. The fraction of sp³-hybridized carbons (Fsp3) is 0.353. The fourth-order valence-electron chi connectivity index (χ4n) is 3.08. The van der Waals surface area contributed by atoms with Crippen molar-refractivity contribution in [3.8, 4) is 0 Å². The van der Waals surface area contributed by atoms with Crippen LogP contribution in [0.4, 0.5) is 0 Å². The van der Waals surface area contributed by atoms with Crippen molar-refractivity contribution in [1.82, 2.24) is 15.2 Å². The van der Waals surface area contributed by atoms with E-state index in [1.165, 1.54) is 5.56 Å². The standard InChI is InChI=1S/C17H20N4O2/c18-16(22)17(23)20-9-12-6-8-21(10-12)11-14-4-1-3-13-5-2-7-19-15(13)14/h1-5,7,12H,6,8-11H2,(H2,18,22)(H,20,23)/t12-/m0/s1. The lowest BCUT2D eigenvalue weighted by Crippen LogP contribution is -2.39. The predicted molar refractivity (Wildman–Crippen MR) is 87.3 cm³/mol. The molecule has 120 valence electrons. The number of aromatic nitrogens is 1. The van der Waals surface area contributed by atoms with Crippen LogP contribution >= 0.6 is 0 Å². The van der Waals surface area contributed by atoms with Crippen LogP contribution in [0.5, 0.6) is 0 Å². The number of para-hydroxylation sites is 1. The van der Waals surface area contributed by atoms with Gasteiger partial charge in [0.2, 0.25) is 0 Å². The van der Waals surface area contributed by atoms with Crippen LogP contribution in [0.1, 0.15) is 12.0 Å². The van der Waals surface area contributed by atoms with Gasteiger partial charge in [0, 0.05) is 31.2 Å². The molecule has 1 aromatic heterocycles. The van der Waals surface area contributed by atoms with Gasteiger partial charge in [-0.2, -0.15) is 0 Å². The molecule has 0 saturated carbocycles. The maximum absolute atomic E-state index is 11.2. The maximum Gasteiger partial charge on any atom is 0.309 e. The van der Waals surface area contributed by atoms with Crippen LogP contribution in [0.15, 0.2) is 36.5 Å². The van der Waals surface area contributed by atoms with Gasteiger partial charge in [0.05, 0.1) is 5.52 Å². The van der Waals surface area contributed by atoms with Crippen LogP contribution in [-0.2, 0) is 16.1 Å². The molecule has 1 fully saturated rings. The second-order valence-corrected chi connectivity index (χ2v) is 5.96. The predicted octanol–water partition coefficient (Wildman–Crippen LogP) is 0.658. The Morgan fingerprint density at radius 3 is 2.96 bits per heavy atom. The van der Waals surface area contributed by atoms with E-state index >= 15 is 0 Å². The van der Waals surface area contributed by atoms with E-state index in [1.807, 2.05) is 12.3 Å². The smallest absolute Gasteiger partial charge is 0.309 e. The summed E-state index contributed by atoms with van der Waals surface area (Å²) in [6.07, 6.45) is 2.81. The van der Waals surface area contributed by atoms with Gasteiger partial charge in [0.25, 0.3) is 0 Å². The Bertz CT molecular complexity index is 726.